The van der Waals surface area contributed by atoms with Crippen molar-refractivity contribution in [2.24, 2.45) is 0 Å². The zero-order valence-electron chi connectivity index (χ0n) is 16.5. The van der Waals surface area contributed by atoms with Crippen molar-refractivity contribution in [1.29, 1.82) is 0 Å². The third-order valence-electron chi connectivity index (χ3n) is 3.47. The van der Waals surface area contributed by atoms with E-state index in [1.165, 1.54) is 6.08 Å². The van der Waals surface area contributed by atoms with Crippen LogP contribution in [-0.4, -0.2) is 25.2 Å². The SMILES string of the molecule is COc1cc(/C=C/C(=O)Nc2ccc(OC(C)C)cc2)ccc1OC(C)C. The van der Waals surface area contributed by atoms with E-state index in [-0.39, 0.29) is 18.1 Å². The van der Waals surface area contributed by atoms with Crippen LogP contribution in [0.25, 0.3) is 6.08 Å². The number of anilines is 1. The molecule has 1 amide bonds. The van der Waals surface area contributed by atoms with Gasteiger partial charge in [0, 0.05) is 11.8 Å². The number of methoxy groups -OCH3 is 1. The summed E-state index contributed by atoms with van der Waals surface area (Å²) in [6, 6.07) is 12.8. The van der Waals surface area contributed by atoms with E-state index in [0.29, 0.717) is 17.2 Å². The number of carbonyl (C=O) groups excluding carboxylic acids is 1. The number of carbonyl (C=O) groups is 1. The van der Waals surface area contributed by atoms with E-state index in [9.17, 15) is 4.79 Å². The Bertz CT molecular complexity index is 779. The van der Waals surface area contributed by atoms with E-state index in [1.807, 2.05) is 70.2 Å². The maximum Gasteiger partial charge on any atom is 0.248 e. The second-order valence-electron chi connectivity index (χ2n) is 6.59. The van der Waals surface area contributed by atoms with Gasteiger partial charge in [-0.25, -0.2) is 0 Å². The minimum atomic E-state index is -0.214. The van der Waals surface area contributed by atoms with Gasteiger partial charge in [-0.15, -0.1) is 0 Å². The first-order chi connectivity index (χ1) is 12.9. The molecule has 144 valence electrons. The van der Waals surface area contributed by atoms with Gasteiger partial charge in [0.15, 0.2) is 11.5 Å². The highest BCUT2D eigenvalue weighted by Gasteiger charge is 2.07. The molecule has 2 aromatic carbocycles. The summed E-state index contributed by atoms with van der Waals surface area (Å²) in [7, 11) is 1.59. The number of hydrogen-bond acceptors (Lipinski definition) is 4. The Morgan fingerprint density at radius 2 is 1.59 bits per heavy atom. The number of hydrogen-bond donors (Lipinski definition) is 1. The Morgan fingerprint density at radius 3 is 2.19 bits per heavy atom. The van der Waals surface area contributed by atoms with E-state index in [0.717, 1.165) is 11.3 Å². The fourth-order valence-corrected chi connectivity index (χ4v) is 2.38. The molecule has 0 aromatic heterocycles. The molecule has 0 fully saturated rings. The zero-order valence-corrected chi connectivity index (χ0v) is 16.5. The molecule has 0 radical (unpaired) electrons. The predicted molar refractivity (Wildman–Crippen MR) is 109 cm³/mol. The minimum Gasteiger partial charge on any atom is -0.493 e. The summed E-state index contributed by atoms with van der Waals surface area (Å²) in [5.74, 6) is 1.87. The second kappa shape index (κ2) is 9.67. The molecule has 0 atom stereocenters. The summed E-state index contributed by atoms with van der Waals surface area (Å²) < 4.78 is 16.6. The highest BCUT2D eigenvalue weighted by atomic mass is 16.5. The van der Waals surface area contributed by atoms with Crippen molar-refractivity contribution in [2.45, 2.75) is 39.9 Å². The lowest BCUT2D eigenvalue weighted by molar-refractivity contribution is -0.111. The summed E-state index contributed by atoms with van der Waals surface area (Å²) >= 11 is 0. The molecular formula is C22H27NO4. The average Bonchev–Trinajstić information content (AvgIpc) is 2.61. The number of benzene rings is 2. The normalized spacial score (nSPS) is 11.1. The van der Waals surface area contributed by atoms with Crippen LogP contribution in [0, 0.1) is 0 Å². The van der Waals surface area contributed by atoms with Crippen molar-refractivity contribution in [3.8, 4) is 17.2 Å². The molecule has 2 rings (SSSR count). The minimum absolute atomic E-state index is 0.0587. The van der Waals surface area contributed by atoms with Gasteiger partial charge in [0.1, 0.15) is 5.75 Å². The maximum absolute atomic E-state index is 12.1. The quantitative estimate of drug-likeness (QED) is 0.671. The van der Waals surface area contributed by atoms with Gasteiger partial charge in [-0.2, -0.15) is 0 Å². The number of rotatable bonds is 8. The molecule has 2 aromatic rings. The second-order valence-corrected chi connectivity index (χ2v) is 6.59. The van der Waals surface area contributed by atoms with Crippen LogP contribution in [-0.2, 0) is 4.79 Å². The van der Waals surface area contributed by atoms with Crippen molar-refractivity contribution < 1.29 is 19.0 Å². The molecule has 1 N–H and O–H groups in total. The van der Waals surface area contributed by atoms with Gasteiger partial charge in [0.2, 0.25) is 5.91 Å². The van der Waals surface area contributed by atoms with Gasteiger partial charge >= 0.3 is 0 Å². The van der Waals surface area contributed by atoms with Crippen LogP contribution in [0.2, 0.25) is 0 Å². The molecule has 5 nitrogen and oxygen atoms in total. The van der Waals surface area contributed by atoms with Crippen molar-refractivity contribution in [2.75, 3.05) is 12.4 Å². The maximum atomic E-state index is 12.1. The first-order valence-electron chi connectivity index (χ1n) is 8.98. The van der Waals surface area contributed by atoms with Crippen molar-refractivity contribution in [3.05, 3.63) is 54.1 Å². The number of ether oxygens (including phenoxy) is 3. The molecule has 5 heteroatoms. The molecular weight excluding hydrogens is 342 g/mol. The Morgan fingerprint density at radius 1 is 0.926 bits per heavy atom. The molecule has 0 aliphatic rings. The number of amides is 1. The lowest BCUT2D eigenvalue weighted by Crippen LogP contribution is -2.08. The summed E-state index contributed by atoms with van der Waals surface area (Å²) in [6.07, 6.45) is 3.38. The Kier molecular flexibility index (Phi) is 7.29. The highest BCUT2D eigenvalue weighted by Crippen LogP contribution is 2.29. The lowest BCUT2D eigenvalue weighted by atomic mass is 10.2. The van der Waals surface area contributed by atoms with Gasteiger partial charge in [-0.3, -0.25) is 4.79 Å². The molecule has 0 aliphatic carbocycles. The van der Waals surface area contributed by atoms with Crippen LogP contribution in [0.1, 0.15) is 33.3 Å². The van der Waals surface area contributed by atoms with Gasteiger partial charge in [-0.1, -0.05) is 6.07 Å². The smallest absolute Gasteiger partial charge is 0.248 e. The molecule has 0 saturated carbocycles. The van der Waals surface area contributed by atoms with E-state index in [2.05, 4.69) is 5.32 Å². The van der Waals surface area contributed by atoms with Crippen LogP contribution in [0.3, 0.4) is 0 Å². The summed E-state index contributed by atoms with van der Waals surface area (Å²) in [6.45, 7) is 7.85. The topological polar surface area (TPSA) is 56.8 Å². The molecule has 0 bridgehead atoms. The lowest BCUT2D eigenvalue weighted by Gasteiger charge is -2.13. The van der Waals surface area contributed by atoms with Gasteiger partial charge < -0.3 is 19.5 Å². The number of nitrogens with one attached hydrogen (secondary N) is 1. The van der Waals surface area contributed by atoms with Crippen LogP contribution >= 0.6 is 0 Å². The molecule has 27 heavy (non-hydrogen) atoms. The fourth-order valence-electron chi connectivity index (χ4n) is 2.38. The van der Waals surface area contributed by atoms with Gasteiger partial charge in [0.25, 0.3) is 0 Å². The first kappa shape index (κ1) is 20.4. The van der Waals surface area contributed by atoms with E-state index in [1.54, 1.807) is 13.2 Å². The zero-order chi connectivity index (χ0) is 19.8. The fraction of sp³-hybridized carbons (Fsp3) is 0.318. The average molecular weight is 369 g/mol. The molecule has 0 unspecified atom stereocenters. The standard InChI is InChI=1S/C22H27NO4/c1-15(2)26-19-10-8-18(9-11-19)23-22(24)13-7-17-6-12-20(27-16(3)4)21(14-17)25-5/h6-16H,1-5H3,(H,23,24)/b13-7+. The molecule has 0 heterocycles. The summed E-state index contributed by atoms with van der Waals surface area (Å²) in [5.41, 5.74) is 1.55. The van der Waals surface area contributed by atoms with Crippen LogP contribution < -0.4 is 19.5 Å². The summed E-state index contributed by atoms with van der Waals surface area (Å²) in [4.78, 5) is 12.1. The monoisotopic (exact) mass is 369 g/mol. The Labute approximate surface area is 161 Å². The van der Waals surface area contributed by atoms with Gasteiger partial charge in [-0.05, 0) is 75.7 Å². The van der Waals surface area contributed by atoms with Crippen molar-refractivity contribution >= 4 is 17.7 Å². The highest BCUT2D eigenvalue weighted by molar-refractivity contribution is 6.01. The molecule has 0 aliphatic heterocycles. The van der Waals surface area contributed by atoms with Crippen LogP contribution in [0.5, 0.6) is 17.2 Å². The summed E-state index contributed by atoms with van der Waals surface area (Å²) in [5, 5.41) is 2.82. The third-order valence-corrected chi connectivity index (χ3v) is 3.47. The van der Waals surface area contributed by atoms with Crippen molar-refractivity contribution in [3.63, 3.8) is 0 Å². The van der Waals surface area contributed by atoms with Crippen LogP contribution in [0.4, 0.5) is 5.69 Å². The first-order valence-corrected chi connectivity index (χ1v) is 8.98. The third kappa shape index (κ3) is 6.70. The van der Waals surface area contributed by atoms with Gasteiger partial charge in [0.05, 0.1) is 19.3 Å². The Balaban J connectivity index is 1.99. The largest absolute Gasteiger partial charge is 0.493 e. The van der Waals surface area contributed by atoms with E-state index >= 15 is 0 Å². The molecule has 0 saturated heterocycles. The van der Waals surface area contributed by atoms with E-state index in [4.69, 9.17) is 14.2 Å². The Hall–Kier alpha value is -2.95. The van der Waals surface area contributed by atoms with Crippen molar-refractivity contribution in [1.82, 2.24) is 0 Å². The van der Waals surface area contributed by atoms with Crippen LogP contribution in [0.15, 0.2) is 48.5 Å². The van der Waals surface area contributed by atoms with E-state index < -0.39 is 0 Å². The predicted octanol–water partition coefficient (Wildman–Crippen LogP) is 4.92. The molecule has 0 spiro atoms.